The molecule has 13 heteroatoms. The summed E-state index contributed by atoms with van der Waals surface area (Å²) >= 11 is 0. The molecule has 51 heavy (non-hydrogen) atoms. The van der Waals surface area contributed by atoms with Gasteiger partial charge in [0.15, 0.2) is 6.10 Å². The smallest absolute Gasteiger partial charge is 0.405 e. The van der Waals surface area contributed by atoms with Gasteiger partial charge in [0.25, 0.3) is 5.91 Å². The molecule has 3 aliphatic heterocycles. The van der Waals surface area contributed by atoms with Crippen LogP contribution >= 0.6 is 0 Å². The van der Waals surface area contributed by atoms with Crippen molar-refractivity contribution in [1.29, 1.82) is 0 Å². The van der Waals surface area contributed by atoms with Gasteiger partial charge in [-0.15, -0.1) is 0 Å². The molecule has 268 valence electrons. The molecule has 0 spiro atoms. The molecule has 3 saturated heterocycles. The molecule has 0 radical (unpaired) electrons. The molecule has 0 unspecified atom stereocenters. The summed E-state index contributed by atoms with van der Waals surface area (Å²) < 4.78 is 5.17. The number of rotatable bonds is 8. The van der Waals surface area contributed by atoms with E-state index < -0.39 is 12.2 Å². The Hall–Kier alpha value is -5.17. The van der Waals surface area contributed by atoms with Crippen molar-refractivity contribution in [2.24, 2.45) is 11.7 Å². The second-order valence-corrected chi connectivity index (χ2v) is 14.2. The van der Waals surface area contributed by atoms with E-state index in [4.69, 9.17) is 15.5 Å². The number of benzene rings is 2. The lowest BCUT2D eigenvalue weighted by Crippen LogP contribution is -2.51. The van der Waals surface area contributed by atoms with Gasteiger partial charge in [0.1, 0.15) is 11.6 Å². The van der Waals surface area contributed by atoms with E-state index in [0.29, 0.717) is 12.4 Å². The van der Waals surface area contributed by atoms with Crippen LogP contribution in [-0.4, -0.2) is 110 Å². The number of ether oxygens (including phenoxy) is 1. The number of urea groups is 1. The van der Waals surface area contributed by atoms with E-state index in [2.05, 4.69) is 75.4 Å². The summed E-state index contributed by atoms with van der Waals surface area (Å²) in [4.78, 5) is 62.4. The minimum absolute atomic E-state index is 0.0330. The molecule has 2 aromatic carbocycles. The maximum absolute atomic E-state index is 13.4. The van der Waals surface area contributed by atoms with Crippen molar-refractivity contribution in [2.45, 2.75) is 57.7 Å². The van der Waals surface area contributed by atoms with Crippen molar-refractivity contribution in [3.8, 4) is 33.6 Å². The van der Waals surface area contributed by atoms with Gasteiger partial charge in [0.2, 0.25) is 0 Å². The quantitative estimate of drug-likeness (QED) is 0.222. The molecule has 13 nitrogen and oxygen atoms in total. The van der Waals surface area contributed by atoms with Gasteiger partial charge >= 0.3 is 12.1 Å². The summed E-state index contributed by atoms with van der Waals surface area (Å²) in [5, 5.41) is 0. The Morgan fingerprint density at radius 1 is 0.725 bits per heavy atom. The average Bonchev–Trinajstić information content (AvgIpc) is 3.97. The maximum Gasteiger partial charge on any atom is 0.405 e. The standard InChI is InChI=1S/C38H47N9O4/c1-24(2)33(51-37(39)49)36(48)46-16-4-6-31(46)34-40-22-29(42-34)27-12-8-25(9-13-27)26-10-14-28(15-11-26)30-23-41-35(43-30)32-7-5-17-47(32)38(50)45-20-18-44(3)19-21-45/h8-15,22-24,31-33H,4-7,16-21H2,1-3H3,(H2,39,49)(H,40,42)(H,41,43)/t31-,32-,33-/m0/s1. The van der Waals surface area contributed by atoms with Crippen LogP contribution < -0.4 is 5.73 Å². The molecule has 0 aliphatic carbocycles. The number of hydrogen-bond donors (Lipinski definition) is 3. The first-order valence-electron chi connectivity index (χ1n) is 18.0. The van der Waals surface area contributed by atoms with Gasteiger partial charge in [0.05, 0.1) is 35.9 Å². The Bertz CT molecular complexity index is 1840. The summed E-state index contributed by atoms with van der Waals surface area (Å²) in [6.45, 7) is 8.33. The highest BCUT2D eigenvalue weighted by Gasteiger charge is 2.38. The molecule has 2 aromatic heterocycles. The third-order valence-corrected chi connectivity index (χ3v) is 10.4. The first kappa shape index (κ1) is 34.3. The zero-order valence-electron chi connectivity index (χ0n) is 29.5. The van der Waals surface area contributed by atoms with E-state index in [1.54, 1.807) is 11.1 Å². The Kier molecular flexibility index (Phi) is 9.81. The summed E-state index contributed by atoms with van der Waals surface area (Å²) in [7, 11) is 2.10. The Morgan fingerprint density at radius 3 is 1.69 bits per heavy atom. The molecular formula is C38H47N9O4. The monoisotopic (exact) mass is 693 g/mol. The Morgan fingerprint density at radius 2 is 1.20 bits per heavy atom. The lowest BCUT2D eigenvalue weighted by atomic mass is 10.0. The number of hydrogen-bond acceptors (Lipinski definition) is 7. The Labute approximate surface area is 298 Å². The fourth-order valence-electron chi connectivity index (χ4n) is 7.52. The first-order valence-corrected chi connectivity index (χ1v) is 18.0. The number of H-pyrrole nitrogens is 2. The van der Waals surface area contributed by atoms with Crippen LogP contribution in [0, 0.1) is 5.92 Å². The molecule has 3 aliphatic rings. The summed E-state index contributed by atoms with van der Waals surface area (Å²) in [6, 6.07) is 16.6. The highest BCUT2D eigenvalue weighted by Crippen LogP contribution is 2.35. The number of nitrogens with two attached hydrogens (primary N) is 1. The van der Waals surface area contributed by atoms with Crippen LogP contribution in [0.2, 0.25) is 0 Å². The first-order chi connectivity index (χ1) is 24.7. The van der Waals surface area contributed by atoms with Crippen molar-refractivity contribution < 1.29 is 19.1 Å². The fraction of sp³-hybridized carbons (Fsp3) is 0.447. The number of nitrogens with one attached hydrogen (secondary N) is 2. The number of amides is 4. The third kappa shape index (κ3) is 7.21. The van der Waals surface area contributed by atoms with Gasteiger partial charge in [-0.05, 0) is 60.9 Å². The SMILES string of the molecule is CC(C)[C@H](OC(N)=O)C(=O)N1CCC[C@H]1c1ncc(-c2ccc(-c3ccc(-c4cnc([C@@H]5CCCN5C(=O)N5CCN(C)CC5)[nH]4)cc3)cc2)[nH]1. The number of imidazole rings is 2. The average molecular weight is 694 g/mol. The van der Waals surface area contributed by atoms with E-state index in [1.807, 2.05) is 29.8 Å². The van der Waals surface area contributed by atoms with Crippen LogP contribution in [0.15, 0.2) is 60.9 Å². The van der Waals surface area contributed by atoms with Gasteiger partial charge < -0.3 is 40.0 Å². The van der Waals surface area contributed by atoms with Gasteiger partial charge in [-0.1, -0.05) is 62.4 Å². The van der Waals surface area contributed by atoms with Crippen molar-refractivity contribution >= 4 is 18.0 Å². The van der Waals surface area contributed by atoms with Crippen LogP contribution in [-0.2, 0) is 9.53 Å². The number of likely N-dealkylation sites (tertiary alicyclic amines) is 2. The molecule has 5 heterocycles. The molecule has 3 atom stereocenters. The number of carbonyl (C=O) groups excluding carboxylic acids is 3. The van der Waals surface area contributed by atoms with Gasteiger partial charge in [-0.2, -0.15) is 0 Å². The fourth-order valence-corrected chi connectivity index (χ4v) is 7.52. The van der Waals surface area contributed by atoms with Crippen molar-refractivity contribution in [3.05, 3.63) is 72.6 Å². The third-order valence-electron chi connectivity index (χ3n) is 10.4. The highest BCUT2D eigenvalue weighted by molar-refractivity contribution is 5.84. The lowest BCUT2D eigenvalue weighted by molar-refractivity contribution is -0.143. The van der Waals surface area contributed by atoms with E-state index >= 15 is 0 Å². The maximum atomic E-state index is 13.4. The number of primary amides is 1. The van der Waals surface area contributed by atoms with Crippen LogP contribution in [0.5, 0.6) is 0 Å². The van der Waals surface area contributed by atoms with E-state index in [1.165, 1.54) is 0 Å². The predicted octanol–water partition coefficient (Wildman–Crippen LogP) is 5.42. The zero-order valence-corrected chi connectivity index (χ0v) is 29.5. The van der Waals surface area contributed by atoms with Crippen molar-refractivity contribution in [1.82, 2.24) is 39.5 Å². The summed E-state index contributed by atoms with van der Waals surface area (Å²) in [5.41, 5.74) is 11.2. The Balaban J connectivity index is 0.995. The number of carbonyl (C=O) groups is 3. The number of likely N-dealkylation sites (N-methyl/N-ethyl adjacent to an activating group) is 1. The molecule has 4 amide bonds. The normalized spacial score (nSPS) is 20.3. The predicted molar refractivity (Wildman–Crippen MR) is 193 cm³/mol. The lowest BCUT2D eigenvalue weighted by Gasteiger charge is -2.36. The van der Waals surface area contributed by atoms with Gasteiger partial charge in [-0.3, -0.25) is 4.79 Å². The number of aromatic nitrogens is 4. The minimum Gasteiger partial charge on any atom is -0.436 e. The van der Waals surface area contributed by atoms with Gasteiger partial charge in [-0.25, -0.2) is 19.6 Å². The number of piperazine rings is 1. The largest absolute Gasteiger partial charge is 0.436 e. The van der Waals surface area contributed by atoms with E-state index in [9.17, 15) is 14.4 Å². The molecule has 7 rings (SSSR count). The second kappa shape index (κ2) is 14.6. The van der Waals surface area contributed by atoms with Crippen LogP contribution in [0.3, 0.4) is 0 Å². The van der Waals surface area contributed by atoms with E-state index in [-0.39, 0.29) is 29.9 Å². The molecule has 0 saturated carbocycles. The summed E-state index contributed by atoms with van der Waals surface area (Å²) in [5.74, 6) is 1.10. The zero-order chi connectivity index (χ0) is 35.6. The number of nitrogens with zero attached hydrogens (tertiary/aromatic N) is 6. The van der Waals surface area contributed by atoms with Crippen LogP contribution in [0.1, 0.15) is 63.3 Å². The van der Waals surface area contributed by atoms with Crippen LogP contribution in [0.4, 0.5) is 9.59 Å². The minimum atomic E-state index is -0.952. The van der Waals surface area contributed by atoms with E-state index in [0.717, 1.165) is 97.9 Å². The van der Waals surface area contributed by atoms with Crippen molar-refractivity contribution in [3.63, 3.8) is 0 Å². The molecule has 4 N–H and O–H groups in total. The van der Waals surface area contributed by atoms with Crippen LogP contribution in [0.25, 0.3) is 33.6 Å². The molecule has 4 aromatic rings. The molecule has 0 bridgehead atoms. The summed E-state index contributed by atoms with van der Waals surface area (Å²) in [6.07, 6.45) is 5.27. The highest BCUT2D eigenvalue weighted by atomic mass is 16.6. The molecular weight excluding hydrogens is 646 g/mol. The topological polar surface area (TPSA) is 157 Å². The second-order valence-electron chi connectivity index (χ2n) is 14.2. The molecule has 3 fully saturated rings. The van der Waals surface area contributed by atoms with Crippen molar-refractivity contribution in [2.75, 3.05) is 46.3 Å². The number of aromatic amines is 2. The van der Waals surface area contributed by atoms with Gasteiger partial charge in [0, 0.05) is 39.3 Å².